The van der Waals surface area contributed by atoms with Crippen molar-refractivity contribution in [1.29, 1.82) is 5.26 Å². The number of rotatable bonds is 10. The molecule has 2 saturated heterocycles. The van der Waals surface area contributed by atoms with E-state index < -0.39 is 0 Å². The van der Waals surface area contributed by atoms with Gasteiger partial charge in [-0.2, -0.15) is 15.5 Å². The average Bonchev–Trinajstić information content (AvgIpc) is 3.96. The van der Waals surface area contributed by atoms with E-state index >= 15 is 0 Å². The zero-order chi connectivity index (χ0) is 45.3. The number of piperidine rings is 2. The van der Waals surface area contributed by atoms with Crippen LogP contribution >= 0.6 is 11.6 Å². The van der Waals surface area contributed by atoms with Crippen LogP contribution < -0.4 is 19.9 Å². The lowest BCUT2D eigenvalue weighted by Gasteiger charge is -2.38. The Morgan fingerprint density at radius 2 is 1.68 bits per heavy atom. The first-order valence-corrected chi connectivity index (χ1v) is 24.2. The lowest BCUT2D eigenvalue weighted by Crippen LogP contribution is -2.42. The van der Waals surface area contributed by atoms with Gasteiger partial charge in [-0.15, -0.1) is 0 Å². The topological polar surface area (TPSA) is 154 Å². The number of nitrogens with zero attached hydrogens (tertiary/aromatic N) is 11. The molecule has 2 amide bonds. The third-order valence-corrected chi connectivity index (χ3v) is 14.9. The van der Waals surface area contributed by atoms with E-state index in [1.807, 2.05) is 22.8 Å². The summed E-state index contributed by atoms with van der Waals surface area (Å²) < 4.78 is 10.3. The van der Waals surface area contributed by atoms with E-state index in [1.54, 1.807) is 37.5 Å². The minimum Gasteiger partial charge on any atom is -0.490 e. The number of amides is 2. The van der Waals surface area contributed by atoms with Crippen LogP contribution in [-0.2, 0) is 31.2 Å². The van der Waals surface area contributed by atoms with Crippen LogP contribution in [0.4, 0.5) is 17.5 Å². The van der Waals surface area contributed by atoms with E-state index in [0.717, 1.165) is 128 Å². The summed E-state index contributed by atoms with van der Waals surface area (Å²) in [6.07, 6.45) is 17.8. The summed E-state index contributed by atoms with van der Waals surface area (Å²) in [4.78, 5) is 44.4. The van der Waals surface area contributed by atoms with Crippen molar-refractivity contribution >= 4 is 40.9 Å². The number of likely N-dealkylation sites (tertiary alicyclic amines) is 1. The largest absolute Gasteiger partial charge is 0.490 e. The number of halogens is 1. The van der Waals surface area contributed by atoms with E-state index in [2.05, 4.69) is 70.2 Å². The highest BCUT2D eigenvalue weighted by molar-refractivity contribution is 6.31. The molecule has 1 N–H and O–H groups in total. The Morgan fingerprint density at radius 3 is 2.39 bits per heavy atom. The second kappa shape index (κ2) is 19.1. The monoisotopic (exact) mass is 910 g/mol. The van der Waals surface area contributed by atoms with Crippen molar-refractivity contribution in [2.75, 3.05) is 55.6 Å². The number of hydrogen-bond donors (Lipinski definition) is 1. The van der Waals surface area contributed by atoms with Crippen LogP contribution in [0.15, 0.2) is 61.2 Å². The van der Waals surface area contributed by atoms with Gasteiger partial charge in [-0.25, -0.2) is 9.97 Å². The number of hydrogen-bond acceptors (Lipinski definition) is 11. The minimum absolute atomic E-state index is 0.0372. The van der Waals surface area contributed by atoms with Gasteiger partial charge in [0.2, 0.25) is 11.9 Å². The normalized spacial score (nSPS) is 20.7. The zero-order valence-corrected chi connectivity index (χ0v) is 38.8. The number of anilines is 3. The Bertz CT molecular complexity index is 2600. The van der Waals surface area contributed by atoms with Gasteiger partial charge in [0.15, 0.2) is 5.82 Å². The first-order chi connectivity index (χ1) is 32.1. The second-order valence-corrected chi connectivity index (χ2v) is 19.3. The quantitative estimate of drug-likeness (QED) is 0.151. The van der Waals surface area contributed by atoms with E-state index in [1.165, 1.54) is 28.1 Å². The molecule has 0 unspecified atom stereocenters. The summed E-state index contributed by atoms with van der Waals surface area (Å²) in [6, 6.07) is 14.4. The summed E-state index contributed by atoms with van der Waals surface area (Å²) >= 11 is 6.18. The average molecular weight is 912 g/mol. The number of carbonyl (C=O) groups is 2. The lowest BCUT2D eigenvalue weighted by atomic mass is 9.92. The molecule has 15 nitrogen and oxygen atoms in total. The fourth-order valence-electron chi connectivity index (χ4n) is 10.9. The smallest absolute Gasteiger partial charge is 0.254 e. The molecular formula is C50H59ClN12O3. The number of benzene rings is 2. The molecule has 66 heavy (non-hydrogen) atoms. The number of aryl methyl sites for hydroxylation is 2. The fraction of sp³-hybridized carbons (Fsp3) is 0.500. The molecule has 0 atom stereocenters. The number of ether oxygens (including phenoxy) is 1. The fourth-order valence-corrected chi connectivity index (χ4v) is 11.1. The summed E-state index contributed by atoms with van der Waals surface area (Å²) in [5.74, 6) is 2.95. The van der Waals surface area contributed by atoms with Crippen molar-refractivity contribution in [2.24, 2.45) is 13.0 Å². The van der Waals surface area contributed by atoms with Gasteiger partial charge in [-0.3, -0.25) is 19.0 Å². The molecule has 0 spiro atoms. The van der Waals surface area contributed by atoms with E-state index in [0.29, 0.717) is 46.4 Å². The maximum atomic E-state index is 13.2. The predicted octanol–water partition coefficient (Wildman–Crippen LogP) is 7.26. The molecule has 1 aliphatic carbocycles. The lowest BCUT2D eigenvalue weighted by molar-refractivity contribution is -0.129. The highest BCUT2D eigenvalue weighted by Gasteiger charge is 2.35. The van der Waals surface area contributed by atoms with Gasteiger partial charge >= 0.3 is 0 Å². The third kappa shape index (κ3) is 9.35. The Balaban J connectivity index is 0.704. The predicted molar refractivity (Wildman–Crippen MR) is 253 cm³/mol. The first-order valence-electron chi connectivity index (χ1n) is 23.9. The van der Waals surface area contributed by atoms with Crippen molar-refractivity contribution < 1.29 is 14.3 Å². The van der Waals surface area contributed by atoms with Gasteiger partial charge in [0.05, 0.1) is 41.0 Å². The SMILES string of the molecule is CC(=O)N1CCc2c(c(N3CCCc4cc(-c5cnn(C)c5)ccc43)nn2C2CCN(CC3CCN(c4ncc(C(=O)NC5CCC(Oc6ccc(C#N)c(Cl)c6)CC5)cn4)CC3)CC2)C1. The Kier molecular flexibility index (Phi) is 12.7. The van der Waals surface area contributed by atoms with Crippen molar-refractivity contribution in [3.8, 4) is 22.9 Å². The van der Waals surface area contributed by atoms with Gasteiger partial charge in [0.25, 0.3) is 5.91 Å². The van der Waals surface area contributed by atoms with Crippen molar-refractivity contribution in [3.63, 3.8) is 0 Å². The summed E-state index contributed by atoms with van der Waals surface area (Å²) in [7, 11) is 1.95. The molecular weight excluding hydrogens is 852 g/mol. The van der Waals surface area contributed by atoms with E-state index in [9.17, 15) is 9.59 Å². The molecule has 10 rings (SSSR count). The van der Waals surface area contributed by atoms with Crippen LogP contribution in [0.1, 0.15) is 103 Å². The van der Waals surface area contributed by atoms with E-state index in [4.69, 9.17) is 26.7 Å². The van der Waals surface area contributed by atoms with E-state index in [-0.39, 0.29) is 24.0 Å². The maximum Gasteiger partial charge on any atom is 0.254 e. The first kappa shape index (κ1) is 43.9. The van der Waals surface area contributed by atoms with Crippen LogP contribution in [-0.4, -0.2) is 109 Å². The number of fused-ring (bicyclic) bond motifs is 2. The number of carbonyl (C=O) groups excluding carboxylic acids is 2. The third-order valence-electron chi connectivity index (χ3n) is 14.6. The molecule has 3 fully saturated rings. The molecule has 1 saturated carbocycles. The molecule has 7 heterocycles. The van der Waals surface area contributed by atoms with Crippen LogP contribution in [0.3, 0.4) is 0 Å². The van der Waals surface area contributed by atoms with Gasteiger partial charge in [0.1, 0.15) is 11.8 Å². The highest BCUT2D eigenvalue weighted by atomic mass is 35.5. The summed E-state index contributed by atoms with van der Waals surface area (Å²) in [5, 5.41) is 22.6. The molecule has 5 aromatic rings. The van der Waals surface area contributed by atoms with Gasteiger partial charge in [-0.1, -0.05) is 17.7 Å². The molecule has 3 aromatic heterocycles. The van der Waals surface area contributed by atoms with Gasteiger partial charge in [0, 0.05) is 119 Å². The number of nitrogens with one attached hydrogen (secondary N) is 1. The second-order valence-electron chi connectivity index (χ2n) is 18.9. The molecule has 0 radical (unpaired) electrons. The highest BCUT2D eigenvalue weighted by Crippen LogP contribution is 2.41. The van der Waals surface area contributed by atoms with Crippen molar-refractivity contribution in [1.82, 2.24) is 44.6 Å². The molecule has 5 aliphatic rings. The van der Waals surface area contributed by atoms with Crippen LogP contribution in [0, 0.1) is 17.2 Å². The van der Waals surface area contributed by atoms with Crippen LogP contribution in [0.25, 0.3) is 11.1 Å². The van der Waals surface area contributed by atoms with Crippen LogP contribution in [0.5, 0.6) is 5.75 Å². The standard InChI is InChI=1S/C50H59ClN12O3/c1-33(64)61-23-17-47-44(32-61)48(62-18-3-4-36-24-35(6-12-46(36)62)39-29-55-58(2)31-39)57-63(47)41-15-19-59(20-16-41)30-34-13-21-60(22-14-34)50-53-27-38(28-54-50)49(65)56-40-7-10-42(11-8-40)66-43-9-5-37(26-52)45(51)25-43/h5-6,9,12,24-25,27-29,31,34,40-42H,3-4,7-8,10-11,13-23,30,32H2,1-2H3,(H,56,65). The molecule has 0 bridgehead atoms. The van der Waals surface area contributed by atoms with Crippen LogP contribution in [0.2, 0.25) is 5.02 Å². The Hall–Kier alpha value is -5.98. The summed E-state index contributed by atoms with van der Waals surface area (Å²) in [6.45, 7) is 8.94. The molecule has 4 aliphatic heterocycles. The molecule has 16 heteroatoms. The Morgan fingerprint density at radius 1 is 0.894 bits per heavy atom. The van der Waals surface area contributed by atoms with Gasteiger partial charge in [-0.05, 0) is 106 Å². The zero-order valence-electron chi connectivity index (χ0n) is 38.0. The molecule has 344 valence electrons. The molecule has 2 aromatic carbocycles. The number of aromatic nitrogens is 6. The minimum atomic E-state index is -0.149. The summed E-state index contributed by atoms with van der Waals surface area (Å²) in [5.41, 5.74) is 8.29. The van der Waals surface area contributed by atoms with Gasteiger partial charge < -0.3 is 29.7 Å². The van der Waals surface area contributed by atoms with Crippen molar-refractivity contribution in [3.05, 3.63) is 94.2 Å². The Labute approximate surface area is 391 Å². The maximum absolute atomic E-state index is 13.2. The van der Waals surface area contributed by atoms with Crippen molar-refractivity contribution in [2.45, 2.75) is 102 Å². The number of nitriles is 1.